The smallest absolute Gasteiger partial charge is 0.336 e. The third-order valence-corrected chi connectivity index (χ3v) is 5.70. The molecular weight excluding hydrogens is 365 g/mol. The Morgan fingerprint density at radius 1 is 0.964 bits per heavy atom. The number of carbonyl (C=O) groups is 1. The molecule has 2 aromatic rings. The van der Waals surface area contributed by atoms with E-state index in [1.54, 1.807) is 4.90 Å². The minimum absolute atomic E-state index is 0.215. The van der Waals surface area contributed by atoms with E-state index in [-0.39, 0.29) is 11.9 Å². The molecule has 1 heterocycles. The maximum absolute atomic E-state index is 12.7. The van der Waals surface area contributed by atoms with Gasteiger partial charge >= 0.3 is 6.18 Å². The Kier molecular flexibility index (Phi) is 5.79. The lowest BCUT2D eigenvalue weighted by Crippen LogP contribution is -2.49. The summed E-state index contributed by atoms with van der Waals surface area (Å²) in [5.74, 6) is -0.215. The van der Waals surface area contributed by atoms with Crippen LogP contribution in [0.1, 0.15) is 45.6 Å². The molecular formula is C22H25F3N2O. The third kappa shape index (κ3) is 4.22. The number of carbonyl (C=O) groups excluding carboxylic acids is 1. The molecule has 1 unspecified atom stereocenters. The van der Waals surface area contributed by atoms with Crippen LogP contribution in [0.15, 0.2) is 42.5 Å². The molecule has 2 aromatic carbocycles. The average molecular weight is 390 g/mol. The van der Waals surface area contributed by atoms with E-state index in [2.05, 4.69) is 43.9 Å². The summed E-state index contributed by atoms with van der Waals surface area (Å²) in [4.78, 5) is 16.7. The van der Waals surface area contributed by atoms with E-state index in [0.29, 0.717) is 18.7 Å². The highest BCUT2D eigenvalue weighted by molar-refractivity contribution is 5.94. The summed E-state index contributed by atoms with van der Waals surface area (Å²) in [5, 5.41) is 0. The first-order valence-electron chi connectivity index (χ1n) is 9.45. The molecule has 0 aromatic heterocycles. The number of rotatable bonds is 3. The molecule has 150 valence electrons. The zero-order valence-corrected chi connectivity index (χ0v) is 16.4. The van der Waals surface area contributed by atoms with Gasteiger partial charge in [-0.3, -0.25) is 9.69 Å². The largest absolute Gasteiger partial charge is 0.416 e. The number of benzene rings is 2. The highest BCUT2D eigenvalue weighted by atomic mass is 19.4. The standard InChI is InChI=1S/C22H25F3N2O/c1-15-5-4-6-20(16(15)2)17(3)26-11-13-27(14-12-26)21(28)18-7-9-19(10-8-18)22(23,24)25/h4-10,17H,11-14H2,1-3H3. The van der Waals surface area contributed by atoms with Crippen molar-refractivity contribution in [2.75, 3.05) is 26.2 Å². The summed E-state index contributed by atoms with van der Waals surface area (Å²) in [7, 11) is 0. The lowest BCUT2D eigenvalue weighted by atomic mass is 9.97. The van der Waals surface area contributed by atoms with Gasteiger partial charge in [-0.2, -0.15) is 13.2 Å². The number of alkyl halides is 3. The van der Waals surface area contributed by atoms with Crippen molar-refractivity contribution in [3.8, 4) is 0 Å². The first-order chi connectivity index (χ1) is 13.2. The van der Waals surface area contributed by atoms with Crippen molar-refractivity contribution in [1.29, 1.82) is 0 Å². The Labute approximate surface area is 163 Å². The zero-order valence-electron chi connectivity index (χ0n) is 16.4. The number of piperazine rings is 1. The van der Waals surface area contributed by atoms with Crippen LogP contribution >= 0.6 is 0 Å². The Morgan fingerprint density at radius 3 is 2.14 bits per heavy atom. The van der Waals surface area contributed by atoms with Crippen molar-refractivity contribution in [2.24, 2.45) is 0 Å². The van der Waals surface area contributed by atoms with E-state index in [1.165, 1.54) is 28.8 Å². The van der Waals surface area contributed by atoms with E-state index in [1.807, 2.05) is 0 Å². The molecule has 1 aliphatic rings. The van der Waals surface area contributed by atoms with Crippen molar-refractivity contribution in [3.63, 3.8) is 0 Å². The molecule has 3 nitrogen and oxygen atoms in total. The van der Waals surface area contributed by atoms with Crippen molar-refractivity contribution in [3.05, 3.63) is 70.3 Å². The molecule has 0 N–H and O–H groups in total. The Balaban J connectivity index is 1.63. The Hall–Kier alpha value is -2.34. The Morgan fingerprint density at radius 2 is 1.57 bits per heavy atom. The number of aryl methyl sites for hydroxylation is 1. The molecule has 1 fully saturated rings. The van der Waals surface area contributed by atoms with E-state index in [9.17, 15) is 18.0 Å². The molecule has 1 amide bonds. The van der Waals surface area contributed by atoms with Gasteiger partial charge in [0.25, 0.3) is 5.91 Å². The molecule has 6 heteroatoms. The quantitative estimate of drug-likeness (QED) is 0.749. The summed E-state index contributed by atoms with van der Waals surface area (Å²) in [6.45, 7) is 9.01. The van der Waals surface area contributed by atoms with Crippen LogP contribution in [0.5, 0.6) is 0 Å². The van der Waals surface area contributed by atoms with Crippen molar-refractivity contribution >= 4 is 5.91 Å². The van der Waals surface area contributed by atoms with Gasteiger partial charge in [0.15, 0.2) is 0 Å². The van der Waals surface area contributed by atoms with Crippen LogP contribution in [-0.2, 0) is 6.18 Å². The maximum atomic E-state index is 12.7. The normalized spacial score (nSPS) is 16.9. The first-order valence-corrected chi connectivity index (χ1v) is 9.45. The second-order valence-electron chi connectivity index (χ2n) is 7.37. The maximum Gasteiger partial charge on any atom is 0.416 e. The predicted molar refractivity (Wildman–Crippen MR) is 103 cm³/mol. The minimum Gasteiger partial charge on any atom is -0.336 e. The van der Waals surface area contributed by atoms with E-state index < -0.39 is 11.7 Å². The van der Waals surface area contributed by atoms with Gasteiger partial charge < -0.3 is 4.90 Å². The van der Waals surface area contributed by atoms with Crippen LogP contribution in [0.2, 0.25) is 0 Å². The van der Waals surface area contributed by atoms with Gasteiger partial charge in [-0.05, 0) is 61.7 Å². The van der Waals surface area contributed by atoms with Crippen molar-refractivity contribution < 1.29 is 18.0 Å². The van der Waals surface area contributed by atoms with Crippen LogP contribution in [0.4, 0.5) is 13.2 Å². The monoisotopic (exact) mass is 390 g/mol. The average Bonchev–Trinajstić information content (AvgIpc) is 2.68. The van der Waals surface area contributed by atoms with Crippen LogP contribution in [0.25, 0.3) is 0 Å². The topological polar surface area (TPSA) is 23.6 Å². The second-order valence-corrected chi connectivity index (χ2v) is 7.37. The molecule has 3 rings (SSSR count). The summed E-state index contributed by atoms with van der Waals surface area (Å²) in [6, 6.07) is 11.0. The van der Waals surface area contributed by atoms with Crippen LogP contribution < -0.4 is 0 Å². The van der Waals surface area contributed by atoms with Gasteiger partial charge in [-0.15, -0.1) is 0 Å². The second kappa shape index (κ2) is 7.95. The van der Waals surface area contributed by atoms with Gasteiger partial charge in [0.05, 0.1) is 5.56 Å². The van der Waals surface area contributed by atoms with E-state index >= 15 is 0 Å². The summed E-state index contributed by atoms with van der Waals surface area (Å²) >= 11 is 0. The number of hydrogen-bond donors (Lipinski definition) is 0. The lowest BCUT2D eigenvalue weighted by Gasteiger charge is -2.38. The molecule has 1 saturated heterocycles. The molecule has 0 bridgehead atoms. The van der Waals surface area contributed by atoms with E-state index in [4.69, 9.17) is 0 Å². The summed E-state index contributed by atoms with van der Waals surface area (Å²) in [5.41, 5.74) is 3.40. The van der Waals surface area contributed by atoms with E-state index in [0.717, 1.165) is 25.2 Å². The molecule has 0 radical (unpaired) electrons. The SMILES string of the molecule is Cc1cccc(C(C)N2CCN(C(=O)c3ccc(C(F)(F)F)cc3)CC2)c1C. The number of halogens is 3. The number of hydrogen-bond acceptors (Lipinski definition) is 2. The highest BCUT2D eigenvalue weighted by Crippen LogP contribution is 2.30. The fourth-order valence-electron chi connectivity index (χ4n) is 3.72. The first kappa shape index (κ1) is 20.4. The van der Waals surface area contributed by atoms with Crippen LogP contribution in [0, 0.1) is 13.8 Å². The molecule has 28 heavy (non-hydrogen) atoms. The number of amides is 1. The fourth-order valence-corrected chi connectivity index (χ4v) is 3.72. The Bertz CT molecular complexity index is 838. The zero-order chi connectivity index (χ0) is 20.5. The fraction of sp³-hybridized carbons (Fsp3) is 0.409. The van der Waals surface area contributed by atoms with Crippen molar-refractivity contribution in [2.45, 2.75) is 33.0 Å². The van der Waals surface area contributed by atoms with Gasteiger partial charge in [0.2, 0.25) is 0 Å². The summed E-state index contributed by atoms with van der Waals surface area (Å²) < 4.78 is 38.1. The minimum atomic E-state index is -4.39. The van der Waals surface area contributed by atoms with Crippen LogP contribution in [0.3, 0.4) is 0 Å². The van der Waals surface area contributed by atoms with Gasteiger partial charge in [-0.1, -0.05) is 18.2 Å². The lowest BCUT2D eigenvalue weighted by molar-refractivity contribution is -0.137. The van der Waals surface area contributed by atoms with Gasteiger partial charge in [-0.25, -0.2) is 0 Å². The van der Waals surface area contributed by atoms with Crippen molar-refractivity contribution in [1.82, 2.24) is 9.80 Å². The van der Waals surface area contributed by atoms with Crippen LogP contribution in [-0.4, -0.2) is 41.9 Å². The predicted octanol–water partition coefficient (Wildman–Crippen LogP) is 4.84. The molecule has 1 aliphatic heterocycles. The molecule has 0 saturated carbocycles. The third-order valence-electron chi connectivity index (χ3n) is 5.70. The number of nitrogens with zero attached hydrogens (tertiary/aromatic N) is 2. The molecule has 0 aliphatic carbocycles. The molecule has 0 spiro atoms. The summed E-state index contributed by atoms with van der Waals surface area (Å²) in [6.07, 6.45) is -4.39. The van der Waals surface area contributed by atoms with Gasteiger partial charge in [0.1, 0.15) is 0 Å². The highest BCUT2D eigenvalue weighted by Gasteiger charge is 2.31. The molecule has 1 atom stereocenters. The van der Waals surface area contributed by atoms with Gasteiger partial charge in [0, 0.05) is 37.8 Å².